The summed E-state index contributed by atoms with van der Waals surface area (Å²) >= 11 is 0. The average molecular weight is 193 g/mol. The van der Waals surface area contributed by atoms with E-state index in [0.29, 0.717) is 0 Å². The van der Waals surface area contributed by atoms with E-state index in [0.717, 1.165) is 12.7 Å². The van der Waals surface area contributed by atoms with Gasteiger partial charge in [0.05, 0.1) is 0 Å². The number of hydrogen-bond acceptors (Lipinski definition) is 2. The molecular formula is C12H19NO. The molecule has 2 nitrogen and oxygen atoms in total. The third-order valence-corrected chi connectivity index (χ3v) is 1.81. The van der Waals surface area contributed by atoms with Gasteiger partial charge in [0.2, 0.25) is 0 Å². The fraction of sp³-hybridized carbons (Fsp3) is 0.417. The van der Waals surface area contributed by atoms with Gasteiger partial charge < -0.3 is 10.1 Å². The van der Waals surface area contributed by atoms with Crippen LogP contribution in [-0.2, 0) is 11.2 Å². The molecule has 0 saturated carbocycles. The quantitative estimate of drug-likeness (QED) is 0.748. The third-order valence-electron chi connectivity index (χ3n) is 1.81. The van der Waals surface area contributed by atoms with Crippen molar-refractivity contribution in [3.8, 4) is 0 Å². The average Bonchev–Trinajstić information content (AvgIpc) is 2.20. The molecule has 0 aliphatic carbocycles. The second-order valence-corrected chi connectivity index (χ2v) is 2.89. The van der Waals surface area contributed by atoms with Crippen LogP contribution in [0.3, 0.4) is 0 Å². The number of carbonyl (C=O) groups excluding carboxylic acids is 1. The fourth-order valence-corrected chi connectivity index (χ4v) is 1.25. The number of nitrogens with one attached hydrogen (secondary N) is 1. The van der Waals surface area contributed by atoms with Crippen molar-refractivity contribution in [3.63, 3.8) is 0 Å². The van der Waals surface area contributed by atoms with Gasteiger partial charge in [-0.05, 0) is 25.0 Å². The number of rotatable bonds is 3. The van der Waals surface area contributed by atoms with E-state index in [1.54, 1.807) is 0 Å². The van der Waals surface area contributed by atoms with E-state index in [1.807, 2.05) is 7.05 Å². The predicted molar refractivity (Wildman–Crippen MR) is 61.7 cm³/mol. The largest absolute Gasteiger partial charge is 0.388 e. The Morgan fingerprint density at radius 2 is 1.93 bits per heavy atom. The number of benzene rings is 1. The summed E-state index contributed by atoms with van der Waals surface area (Å²) < 4.78 is 0. The summed E-state index contributed by atoms with van der Waals surface area (Å²) in [5, 5.41) is 3.18. The highest BCUT2D eigenvalue weighted by Crippen LogP contribution is 2.15. The van der Waals surface area contributed by atoms with Crippen LogP contribution in [0.5, 0.6) is 0 Å². The lowest BCUT2D eigenvalue weighted by Gasteiger charge is -2.06. The Labute approximate surface area is 86.3 Å². The third kappa shape index (κ3) is 4.65. The van der Waals surface area contributed by atoms with Crippen molar-refractivity contribution in [2.45, 2.75) is 26.7 Å². The second-order valence-electron chi connectivity index (χ2n) is 2.89. The Bertz CT molecular complexity index is 258. The van der Waals surface area contributed by atoms with Gasteiger partial charge in [-0.25, -0.2) is 0 Å². The van der Waals surface area contributed by atoms with Gasteiger partial charge in [0.25, 0.3) is 0 Å². The van der Waals surface area contributed by atoms with Gasteiger partial charge in [0, 0.05) is 12.7 Å². The number of aryl methyl sites for hydroxylation is 1. The monoisotopic (exact) mass is 193 g/mol. The normalized spacial score (nSPS) is 8.50. The smallest absolute Gasteiger partial charge is 0.116 e. The van der Waals surface area contributed by atoms with Crippen LogP contribution in [-0.4, -0.2) is 13.3 Å². The molecule has 0 bridgehead atoms. The van der Waals surface area contributed by atoms with Crippen molar-refractivity contribution < 1.29 is 4.79 Å². The first kappa shape index (κ1) is 12.7. The number of para-hydroxylation sites is 1. The molecule has 0 spiro atoms. The maximum atomic E-state index is 8.81. The summed E-state index contributed by atoms with van der Waals surface area (Å²) in [6.07, 6.45) is 3.12. The Balaban J connectivity index is 0.000000500. The molecule has 1 rings (SSSR count). The minimum Gasteiger partial charge on any atom is -0.388 e. The number of hydrogen-bond donors (Lipinski definition) is 1. The van der Waals surface area contributed by atoms with Crippen molar-refractivity contribution in [3.05, 3.63) is 29.8 Å². The molecule has 0 aliphatic rings. The Morgan fingerprint density at radius 3 is 2.43 bits per heavy atom. The second kappa shape index (κ2) is 8.30. The summed E-state index contributed by atoms with van der Waals surface area (Å²) in [5.41, 5.74) is 2.67. The van der Waals surface area contributed by atoms with Crippen molar-refractivity contribution >= 4 is 12.0 Å². The lowest BCUT2D eigenvalue weighted by molar-refractivity contribution is -0.106. The van der Waals surface area contributed by atoms with E-state index in [9.17, 15) is 0 Å². The first-order valence-electron chi connectivity index (χ1n) is 4.95. The highest BCUT2D eigenvalue weighted by atomic mass is 16.1. The van der Waals surface area contributed by atoms with Gasteiger partial charge in [0.1, 0.15) is 6.29 Å². The van der Waals surface area contributed by atoms with Gasteiger partial charge >= 0.3 is 0 Å². The molecule has 0 aromatic heterocycles. The molecule has 0 amide bonds. The molecule has 0 saturated heterocycles. The number of carbonyl (C=O) groups is 1. The van der Waals surface area contributed by atoms with Crippen LogP contribution >= 0.6 is 0 Å². The van der Waals surface area contributed by atoms with Gasteiger partial charge in [-0.2, -0.15) is 0 Å². The maximum Gasteiger partial charge on any atom is 0.116 e. The van der Waals surface area contributed by atoms with Gasteiger partial charge in [-0.15, -0.1) is 0 Å². The molecule has 14 heavy (non-hydrogen) atoms. The van der Waals surface area contributed by atoms with Crippen LogP contribution < -0.4 is 5.32 Å². The lowest BCUT2D eigenvalue weighted by Crippen LogP contribution is -1.93. The lowest BCUT2D eigenvalue weighted by atomic mass is 10.1. The van der Waals surface area contributed by atoms with Crippen LogP contribution in [0.1, 0.15) is 25.8 Å². The van der Waals surface area contributed by atoms with Crippen LogP contribution in [0, 0.1) is 0 Å². The molecule has 0 atom stereocenters. The van der Waals surface area contributed by atoms with E-state index in [4.69, 9.17) is 4.79 Å². The van der Waals surface area contributed by atoms with Crippen molar-refractivity contribution in [1.82, 2.24) is 0 Å². The van der Waals surface area contributed by atoms with Gasteiger partial charge in [0.15, 0.2) is 0 Å². The molecule has 2 heteroatoms. The molecule has 0 radical (unpaired) electrons. The molecule has 1 aromatic carbocycles. The van der Waals surface area contributed by atoms with E-state index in [-0.39, 0.29) is 0 Å². The molecule has 0 aliphatic heterocycles. The zero-order chi connectivity index (χ0) is 10.8. The van der Waals surface area contributed by atoms with Crippen LogP contribution in [0.2, 0.25) is 0 Å². The molecule has 78 valence electrons. The standard InChI is InChI=1S/C10H15N.C2H4O/c1-3-6-9-7-4-5-8-10(9)11-2;1-2-3/h4-5,7-8,11H,3,6H2,1-2H3;2H,1H3. The zero-order valence-corrected chi connectivity index (χ0v) is 9.21. The van der Waals surface area contributed by atoms with Gasteiger partial charge in [-0.1, -0.05) is 31.5 Å². The van der Waals surface area contributed by atoms with Crippen LogP contribution in [0.25, 0.3) is 0 Å². The molecule has 1 aromatic rings. The summed E-state index contributed by atoms with van der Waals surface area (Å²) in [6.45, 7) is 3.65. The first-order chi connectivity index (χ1) is 6.79. The highest BCUT2D eigenvalue weighted by Gasteiger charge is 1.95. The fourth-order valence-electron chi connectivity index (χ4n) is 1.25. The van der Waals surface area contributed by atoms with Crippen molar-refractivity contribution in [2.24, 2.45) is 0 Å². The maximum absolute atomic E-state index is 8.81. The Morgan fingerprint density at radius 1 is 1.36 bits per heavy atom. The summed E-state index contributed by atoms with van der Waals surface area (Å²) in [5.74, 6) is 0. The highest BCUT2D eigenvalue weighted by molar-refractivity contribution is 5.50. The molecule has 0 fully saturated rings. The summed E-state index contributed by atoms with van der Waals surface area (Å²) in [4.78, 5) is 8.81. The van der Waals surface area contributed by atoms with Gasteiger partial charge in [-0.3, -0.25) is 0 Å². The number of aldehydes is 1. The zero-order valence-electron chi connectivity index (χ0n) is 9.21. The molecule has 0 heterocycles. The summed E-state index contributed by atoms with van der Waals surface area (Å²) in [6, 6.07) is 8.44. The molecular weight excluding hydrogens is 174 g/mol. The Kier molecular flexibility index (Phi) is 7.52. The predicted octanol–water partition coefficient (Wildman–Crippen LogP) is 2.89. The molecule has 1 N–H and O–H groups in total. The summed E-state index contributed by atoms with van der Waals surface area (Å²) in [7, 11) is 1.97. The number of anilines is 1. The van der Waals surface area contributed by atoms with E-state index in [2.05, 4.69) is 36.5 Å². The van der Waals surface area contributed by atoms with Crippen molar-refractivity contribution in [2.75, 3.05) is 12.4 Å². The van der Waals surface area contributed by atoms with Crippen LogP contribution in [0.4, 0.5) is 5.69 Å². The minimum absolute atomic E-state index is 0.750. The van der Waals surface area contributed by atoms with E-state index < -0.39 is 0 Å². The minimum atomic E-state index is 0.750. The van der Waals surface area contributed by atoms with E-state index in [1.165, 1.54) is 24.6 Å². The molecule has 0 unspecified atom stereocenters. The SMILES string of the molecule is CC=O.CCCc1ccccc1NC. The van der Waals surface area contributed by atoms with Crippen LogP contribution in [0.15, 0.2) is 24.3 Å². The first-order valence-corrected chi connectivity index (χ1v) is 4.95. The Hall–Kier alpha value is -1.31. The van der Waals surface area contributed by atoms with Crippen molar-refractivity contribution in [1.29, 1.82) is 0 Å². The van der Waals surface area contributed by atoms with E-state index >= 15 is 0 Å². The topological polar surface area (TPSA) is 29.1 Å².